The molecule has 0 bridgehead atoms. The molecule has 0 aromatic heterocycles. The molecule has 2 heteroatoms. The van der Waals surface area contributed by atoms with E-state index in [1.54, 1.807) is 0 Å². The Morgan fingerprint density at radius 2 is 2.00 bits per heavy atom. The maximum Gasteiger partial charge on any atom is 0.0803 e. The van der Waals surface area contributed by atoms with Crippen molar-refractivity contribution < 1.29 is 5.11 Å². The molecular weight excluding hydrogens is 335 g/mol. The van der Waals surface area contributed by atoms with Crippen molar-refractivity contribution in [1.29, 1.82) is 0 Å². The van der Waals surface area contributed by atoms with Gasteiger partial charge in [0, 0.05) is 3.57 Å². The lowest BCUT2D eigenvalue weighted by atomic mass is 9.90. The lowest BCUT2D eigenvalue weighted by Gasteiger charge is -2.20. The SMILES string of the molecule is CCCCC(CC)CC(O)c1cccc(C)c1I. The van der Waals surface area contributed by atoms with E-state index in [9.17, 15) is 5.11 Å². The van der Waals surface area contributed by atoms with Gasteiger partial charge in [0.15, 0.2) is 0 Å². The minimum atomic E-state index is -0.307. The highest BCUT2D eigenvalue weighted by atomic mass is 127. The van der Waals surface area contributed by atoms with Gasteiger partial charge in [-0.2, -0.15) is 0 Å². The van der Waals surface area contributed by atoms with Crippen LogP contribution in [0.2, 0.25) is 0 Å². The van der Waals surface area contributed by atoms with Crippen molar-refractivity contribution in [1.82, 2.24) is 0 Å². The summed E-state index contributed by atoms with van der Waals surface area (Å²) in [5.74, 6) is 0.649. The van der Waals surface area contributed by atoms with E-state index < -0.39 is 0 Å². The number of rotatable bonds is 7. The van der Waals surface area contributed by atoms with Crippen molar-refractivity contribution in [3.8, 4) is 0 Å². The van der Waals surface area contributed by atoms with Crippen molar-refractivity contribution in [2.45, 2.75) is 59.0 Å². The van der Waals surface area contributed by atoms with Gasteiger partial charge in [-0.3, -0.25) is 0 Å². The molecule has 1 aromatic carbocycles. The van der Waals surface area contributed by atoms with E-state index in [4.69, 9.17) is 0 Å². The number of halogens is 1. The molecule has 0 aliphatic rings. The Hall–Kier alpha value is -0.0900. The smallest absolute Gasteiger partial charge is 0.0803 e. The van der Waals surface area contributed by atoms with Gasteiger partial charge in [-0.05, 0) is 53.0 Å². The molecule has 0 fully saturated rings. The first-order valence-electron chi connectivity index (χ1n) is 7.03. The van der Waals surface area contributed by atoms with Crippen LogP contribution in [0.25, 0.3) is 0 Å². The fourth-order valence-corrected chi connectivity index (χ4v) is 3.07. The number of unbranched alkanes of at least 4 members (excludes halogenated alkanes) is 1. The Balaban J connectivity index is 2.68. The number of aryl methyl sites for hydroxylation is 1. The summed E-state index contributed by atoms with van der Waals surface area (Å²) in [6, 6.07) is 6.21. The number of hydrogen-bond donors (Lipinski definition) is 1. The molecule has 0 saturated carbocycles. The first-order chi connectivity index (χ1) is 8.60. The summed E-state index contributed by atoms with van der Waals surface area (Å²) in [4.78, 5) is 0. The van der Waals surface area contributed by atoms with Gasteiger partial charge in [-0.1, -0.05) is 57.7 Å². The number of aliphatic hydroxyl groups is 1. The van der Waals surface area contributed by atoms with Crippen LogP contribution in [0.15, 0.2) is 18.2 Å². The summed E-state index contributed by atoms with van der Waals surface area (Å²) >= 11 is 2.35. The molecule has 0 radical (unpaired) electrons. The molecule has 1 N–H and O–H groups in total. The molecular formula is C16H25IO. The molecule has 102 valence electrons. The van der Waals surface area contributed by atoms with Crippen LogP contribution in [-0.4, -0.2) is 5.11 Å². The Bertz CT molecular complexity index is 362. The average Bonchev–Trinajstić information content (AvgIpc) is 2.37. The van der Waals surface area contributed by atoms with E-state index >= 15 is 0 Å². The summed E-state index contributed by atoms with van der Waals surface area (Å²) in [6.45, 7) is 6.56. The van der Waals surface area contributed by atoms with Gasteiger partial charge in [0.1, 0.15) is 0 Å². The molecule has 1 nitrogen and oxygen atoms in total. The van der Waals surface area contributed by atoms with Crippen LogP contribution in [-0.2, 0) is 0 Å². The Morgan fingerprint density at radius 1 is 1.28 bits per heavy atom. The number of aliphatic hydroxyl groups excluding tert-OH is 1. The lowest BCUT2D eigenvalue weighted by molar-refractivity contribution is 0.138. The standard InChI is InChI=1S/C16H25IO/c1-4-6-9-13(5-2)11-15(18)14-10-7-8-12(3)16(14)17/h7-8,10,13,15,18H,4-6,9,11H2,1-3H3. The summed E-state index contributed by atoms with van der Waals surface area (Å²) < 4.78 is 1.22. The summed E-state index contributed by atoms with van der Waals surface area (Å²) in [5, 5.41) is 10.4. The van der Waals surface area contributed by atoms with E-state index in [1.807, 2.05) is 6.07 Å². The lowest BCUT2D eigenvalue weighted by Crippen LogP contribution is -2.08. The molecule has 0 saturated heterocycles. The Labute approximate surface area is 125 Å². The van der Waals surface area contributed by atoms with Gasteiger partial charge < -0.3 is 5.11 Å². The van der Waals surface area contributed by atoms with Crippen molar-refractivity contribution in [3.63, 3.8) is 0 Å². The van der Waals surface area contributed by atoms with Crippen molar-refractivity contribution in [2.24, 2.45) is 5.92 Å². The molecule has 0 aliphatic carbocycles. The van der Waals surface area contributed by atoms with E-state index in [-0.39, 0.29) is 6.10 Å². The third-order valence-electron chi connectivity index (χ3n) is 3.68. The van der Waals surface area contributed by atoms with Gasteiger partial charge in [-0.15, -0.1) is 0 Å². The first-order valence-corrected chi connectivity index (χ1v) is 8.11. The van der Waals surface area contributed by atoms with Gasteiger partial charge in [0.2, 0.25) is 0 Å². The molecule has 1 aromatic rings. The van der Waals surface area contributed by atoms with Crippen LogP contribution in [0.5, 0.6) is 0 Å². The van der Waals surface area contributed by atoms with Gasteiger partial charge >= 0.3 is 0 Å². The van der Waals surface area contributed by atoms with Crippen LogP contribution in [0, 0.1) is 16.4 Å². The maximum atomic E-state index is 10.4. The largest absolute Gasteiger partial charge is 0.388 e. The maximum absolute atomic E-state index is 10.4. The van der Waals surface area contributed by atoms with Crippen molar-refractivity contribution in [3.05, 3.63) is 32.9 Å². The monoisotopic (exact) mass is 360 g/mol. The summed E-state index contributed by atoms with van der Waals surface area (Å²) in [7, 11) is 0. The van der Waals surface area contributed by atoms with Crippen molar-refractivity contribution in [2.75, 3.05) is 0 Å². The second kappa shape index (κ2) is 8.16. The van der Waals surface area contributed by atoms with Crippen molar-refractivity contribution >= 4 is 22.6 Å². The third-order valence-corrected chi connectivity index (χ3v) is 5.15. The Morgan fingerprint density at radius 3 is 2.61 bits per heavy atom. The van der Waals surface area contributed by atoms with E-state index in [0.717, 1.165) is 12.0 Å². The molecule has 0 amide bonds. The zero-order valence-corrected chi connectivity index (χ0v) is 13.9. The predicted molar refractivity (Wildman–Crippen MR) is 86.8 cm³/mol. The quantitative estimate of drug-likeness (QED) is 0.660. The topological polar surface area (TPSA) is 20.2 Å². The summed E-state index contributed by atoms with van der Waals surface area (Å²) in [6.07, 6.45) is 5.52. The van der Waals surface area contributed by atoms with Gasteiger partial charge in [0.25, 0.3) is 0 Å². The van der Waals surface area contributed by atoms with Crippen LogP contribution >= 0.6 is 22.6 Å². The average molecular weight is 360 g/mol. The van der Waals surface area contributed by atoms with Crippen LogP contribution in [0.1, 0.15) is 63.2 Å². The predicted octanol–water partition coefficient (Wildman–Crippen LogP) is 5.24. The third kappa shape index (κ3) is 4.54. The van der Waals surface area contributed by atoms with Gasteiger partial charge in [-0.25, -0.2) is 0 Å². The Kier molecular flexibility index (Phi) is 7.23. The highest BCUT2D eigenvalue weighted by Crippen LogP contribution is 2.30. The van der Waals surface area contributed by atoms with E-state index in [2.05, 4.69) is 55.5 Å². The molecule has 0 aliphatic heterocycles. The minimum absolute atomic E-state index is 0.307. The minimum Gasteiger partial charge on any atom is -0.388 e. The zero-order chi connectivity index (χ0) is 13.5. The van der Waals surface area contributed by atoms with E-state index in [0.29, 0.717) is 5.92 Å². The molecule has 1 rings (SSSR count). The molecule has 0 heterocycles. The molecule has 2 unspecified atom stereocenters. The summed E-state index contributed by atoms with van der Waals surface area (Å²) in [5.41, 5.74) is 2.36. The molecule has 18 heavy (non-hydrogen) atoms. The zero-order valence-electron chi connectivity index (χ0n) is 11.7. The van der Waals surface area contributed by atoms with Crippen LogP contribution < -0.4 is 0 Å². The first kappa shape index (κ1) is 16.0. The van der Waals surface area contributed by atoms with Crippen LogP contribution in [0.3, 0.4) is 0 Å². The second-order valence-corrected chi connectivity index (χ2v) is 6.22. The normalized spacial score (nSPS) is 14.5. The van der Waals surface area contributed by atoms with E-state index in [1.165, 1.54) is 34.8 Å². The fraction of sp³-hybridized carbons (Fsp3) is 0.625. The number of hydrogen-bond acceptors (Lipinski definition) is 1. The molecule has 2 atom stereocenters. The second-order valence-electron chi connectivity index (χ2n) is 5.15. The highest BCUT2D eigenvalue weighted by molar-refractivity contribution is 14.1. The highest BCUT2D eigenvalue weighted by Gasteiger charge is 2.17. The fourth-order valence-electron chi connectivity index (χ4n) is 2.35. The number of benzene rings is 1. The van der Waals surface area contributed by atoms with Crippen LogP contribution in [0.4, 0.5) is 0 Å². The molecule has 0 spiro atoms. The van der Waals surface area contributed by atoms with Gasteiger partial charge in [0.05, 0.1) is 6.10 Å².